The first kappa shape index (κ1) is 19.8. The van der Waals surface area contributed by atoms with E-state index in [1.165, 1.54) is 25.3 Å². The molecule has 2 aromatic rings. The third-order valence-electron chi connectivity index (χ3n) is 4.38. The van der Waals surface area contributed by atoms with Crippen molar-refractivity contribution >= 4 is 21.6 Å². The van der Waals surface area contributed by atoms with Crippen LogP contribution in [0.15, 0.2) is 65.2 Å². The normalized spacial score (nSPS) is 14.0. The van der Waals surface area contributed by atoms with Gasteiger partial charge in [0.1, 0.15) is 5.75 Å². The number of methoxy groups -OCH3 is 1. The van der Waals surface area contributed by atoms with Crippen molar-refractivity contribution in [1.82, 2.24) is 10.9 Å². The van der Waals surface area contributed by atoms with E-state index in [-0.39, 0.29) is 10.5 Å². The molecule has 0 atom stereocenters. The summed E-state index contributed by atoms with van der Waals surface area (Å²) in [6.07, 6.45) is 6.17. The summed E-state index contributed by atoms with van der Waals surface area (Å²) in [7, 11) is -2.29. The number of carbonyl (C=O) groups excluding carboxylic acids is 1. The molecule has 0 bridgehead atoms. The third-order valence-corrected chi connectivity index (χ3v) is 5.76. The number of amides is 1. The van der Waals surface area contributed by atoms with Crippen LogP contribution >= 0.6 is 0 Å². The molecule has 0 spiro atoms. The van der Waals surface area contributed by atoms with Crippen LogP contribution in [0.25, 0.3) is 0 Å². The van der Waals surface area contributed by atoms with Crippen molar-refractivity contribution in [2.45, 2.75) is 30.6 Å². The van der Waals surface area contributed by atoms with E-state index in [1.54, 1.807) is 30.3 Å². The van der Waals surface area contributed by atoms with Crippen LogP contribution in [0.4, 0.5) is 5.69 Å². The van der Waals surface area contributed by atoms with Crippen LogP contribution < -0.4 is 20.3 Å². The van der Waals surface area contributed by atoms with Gasteiger partial charge >= 0.3 is 0 Å². The summed E-state index contributed by atoms with van der Waals surface area (Å²) in [5.41, 5.74) is 7.17. The maximum Gasteiger partial charge on any atom is 0.269 e. The summed E-state index contributed by atoms with van der Waals surface area (Å²) in [6.45, 7) is 0. The van der Waals surface area contributed by atoms with E-state index in [0.29, 0.717) is 11.4 Å². The van der Waals surface area contributed by atoms with Gasteiger partial charge < -0.3 is 10.2 Å². The summed E-state index contributed by atoms with van der Waals surface area (Å²) in [6, 6.07) is 12.4. The van der Waals surface area contributed by atoms with E-state index in [2.05, 4.69) is 21.6 Å². The zero-order valence-electron chi connectivity index (χ0n) is 15.6. The summed E-state index contributed by atoms with van der Waals surface area (Å²) in [5, 5.41) is 0. The van der Waals surface area contributed by atoms with Gasteiger partial charge in [-0.1, -0.05) is 12.1 Å². The van der Waals surface area contributed by atoms with Crippen molar-refractivity contribution in [2.75, 3.05) is 11.8 Å². The van der Waals surface area contributed by atoms with E-state index in [0.717, 1.165) is 31.4 Å². The van der Waals surface area contributed by atoms with Gasteiger partial charge in [0.2, 0.25) is 0 Å². The van der Waals surface area contributed by atoms with E-state index in [1.807, 2.05) is 0 Å². The number of ether oxygens (including phenoxy) is 1. The zero-order valence-corrected chi connectivity index (χ0v) is 16.4. The third kappa shape index (κ3) is 5.04. The van der Waals surface area contributed by atoms with Crippen LogP contribution in [0.5, 0.6) is 5.75 Å². The Bertz CT molecular complexity index is 969. The Kier molecular flexibility index (Phi) is 6.20. The van der Waals surface area contributed by atoms with Gasteiger partial charge in [0.25, 0.3) is 15.9 Å². The van der Waals surface area contributed by atoms with Gasteiger partial charge in [-0.05, 0) is 68.1 Å². The molecule has 28 heavy (non-hydrogen) atoms. The highest BCUT2D eigenvalue weighted by Crippen LogP contribution is 2.20. The second kappa shape index (κ2) is 8.79. The summed E-state index contributed by atoms with van der Waals surface area (Å²) in [5.74, 6) is 0.232. The number of allylic oxidation sites excluding steroid dienone is 2. The van der Waals surface area contributed by atoms with Crippen LogP contribution in [-0.2, 0) is 10.0 Å². The molecule has 0 saturated heterocycles. The predicted octanol–water partition coefficient (Wildman–Crippen LogP) is 3.19. The van der Waals surface area contributed by atoms with Crippen molar-refractivity contribution in [3.8, 4) is 5.75 Å². The molecule has 3 rings (SSSR count). The Hall–Kier alpha value is -3.00. The van der Waals surface area contributed by atoms with Gasteiger partial charge in [0.05, 0.1) is 12.0 Å². The van der Waals surface area contributed by atoms with Gasteiger partial charge in [0, 0.05) is 16.9 Å². The molecule has 1 aliphatic rings. The Morgan fingerprint density at radius 3 is 2.54 bits per heavy atom. The molecule has 0 saturated carbocycles. The Labute approximate surface area is 164 Å². The SMILES string of the molecule is COc1ccc(NS(=O)(=O)c2cccc(C(=O)NNC3=CCCCC3)c2)cc1. The van der Waals surface area contributed by atoms with E-state index < -0.39 is 15.9 Å². The van der Waals surface area contributed by atoms with E-state index in [9.17, 15) is 13.2 Å². The van der Waals surface area contributed by atoms with Crippen LogP contribution in [-0.4, -0.2) is 21.4 Å². The number of carbonyl (C=O) groups is 1. The molecule has 7 nitrogen and oxygen atoms in total. The standard InChI is InChI=1S/C20H23N3O4S/c1-27-18-12-10-17(11-13-18)23-28(25,26)19-9-5-6-15(14-19)20(24)22-21-16-7-3-2-4-8-16/h5-7,9-14,21,23H,2-4,8H2,1H3,(H,22,24). The second-order valence-corrected chi connectivity index (χ2v) is 8.10. The topological polar surface area (TPSA) is 96.5 Å². The molecule has 3 N–H and O–H groups in total. The highest BCUT2D eigenvalue weighted by atomic mass is 32.2. The largest absolute Gasteiger partial charge is 0.497 e. The fraction of sp³-hybridized carbons (Fsp3) is 0.250. The minimum atomic E-state index is -3.83. The highest BCUT2D eigenvalue weighted by Gasteiger charge is 2.17. The predicted molar refractivity (Wildman–Crippen MR) is 107 cm³/mol. The maximum absolute atomic E-state index is 12.6. The molecular weight excluding hydrogens is 378 g/mol. The number of benzene rings is 2. The zero-order chi connectivity index (χ0) is 20.0. The first-order valence-electron chi connectivity index (χ1n) is 9.00. The average Bonchev–Trinajstić information content (AvgIpc) is 2.73. The monoisotopic (exact) mass is 401 g/mol. The van der Waals surface area contributed by atoms with Crippen LogP contribution in [0.2, 0.25) is 0 Å². The van der Waals surface area contributed by atoms with Crippen molar-refractivity contribution in [1.29, 1.82) is 0 Å². The average molecular weight is 401 g/mol. The van der Waals surface area contributed by atoms with Crippen molar-refractivity contribution in [2.24, 2.45) is 0 Å². The molecule has 2 aromatic carbocycles. The lowest BCUT2D eigenvalue weighted by Crippen LogP contribution is -2.37. The molecule has 0 fully saturated rings. The Morgan fingerprint density at radius 1 is 1.07 bits per heavy atom. The number of anilines is 1. The van der Waals surface area contributed by atoms with Gasteiger partial charge in [-0.2, -0.15) is 0 Å². The molecule has 1 aliphatic carbocycles. The molecular formula is C20H23N3O4S. The molecule has 0 unspecified atom stereocenters. The number of rotatable bonds is 7. The van der Waals surface area contributed by atoms with Gasteiger partial charge in [-0.15, -0.1) is 0 Å². The smallest absolute Gasteiger partial charge is 0.269 e. The van der Waals surface area contributed by atoms with Crippen LogP contribution in [0.3, 0.4) is 0 Å². The minimum Gasteiger partial charge on any atom is -0.497 e. The lowest BCUT2D eigenvalue weighted by Gasteiger charge is -2.16. The lowest BCUT2D eigenvalue weighted by atomic mass is 10.1. The Morgan fingerprint density at radius 2 is 1.86 bits per heavy atom. The molecule has 0 aliphatic heterocycles. The van der Waals surface area contributed by atoms with Crippen LogP contribution in [0, 0.1) is 0 Å². The number of hydrogen-bond donors (Lipinski definition) is 3. The number of sulfonamides is 1. The van der Waals surface area contributed by atoms with Gasteiger partial charge in [-0.25, -0.2) is 8.42 Å². The van der Waals surface area contributed by atoms with Crippen molar-refractivity contribution in [3.05, 3.63) is 65.9 Å². The van der Waals surface area contributed by atoms with Crippen molar-refractivity contribution in [3.63, 3.8) is 0 Å². The van der Waals surface area contributed by atoms with Gasteiger partial charge in [0.15, 0.2) is 0 Å². The summed E-state index contributed by atoms with van der Waals surface area (Å²) < 4.78 is 32.8. The number of hydrazine groups is 1. The molecule has 1 amide bonds. The minimum absolute atomic E-state index is 0.00727. The molecule has 0 radical (unpaired) electrons. The number of nitrogens with one attached hydrogen (secondary N) is 3. The van der Waals surface area contributed by atoms with E-state index >= 15 is 0 Å². The van der Waals surface area contributed by atoms with Gasteiger partial charge in [-0.3, -0.25) is 14.9 Å². The quantitative estimate of drug-likeness (QED) is 0.619. The lowest BCUT2D eigenvalue weighted by molar-refractivity contribution is 0.0937. The first-order valence-corrected chi connectivity index (χ1v) is 10.5. The van der Waals surface area contributed by atoms with E-state index in [4.69, 9.17) is 4.74 Å². The molecule has 0 aromatic heterocycles. The fourth-order valence-corrected chi connectivity index (χ4v) is 3.94. The summed E-state index contributed by atoms with van der Waals surface area (Å²) >= 11 is 0. The van der Waals surface area contributed by atoms with Crippen LogP contribution in [0.1, 0.15) is 36.0 Å². The summed E-state index contributed by atoms with van der Waals surface area (Å²) in [4.78, 5) is 12.4. The molecule has 0 heterocycles. The second-order valence-electron chi connectivity index (χ2n) is 6.42. The molecule has 148 valence electrons. The molecule has 8 heteroatoms. The number of hydrogen-bond acceptors (Lipinski definition) is 5. The fourth-order valence-electron chi connectivity index (χ4n) is 2.84. The maximum atomic E-state index is 12.6. The highest BCUT2D eigenvalue weighted by molar-refractivity contribution is 7.92. The van der Waals surface area contributed by atoms with Crippen molar-refractivity contribution < 1.29 is 17.9 Å². The first-order chi connectivity index (χ1) is 13.5. The Balaban J connectivity index is 1.69.